The Bertz CT molecular complexity index is 534. The van der Waals surface area contributed by atoms with Gasteiger partial charge in [-0.25, -0.2) is 0 Å². The summed E-state index contributed by atoms with van der Waals surface area (Å²) in [6.45, 7) is 0.635. The van der Waals surface area contributed by atoms with Crippen molar-refractivity contribution in [2.45, 2.75) is 6.04 Å². The zero-order valence-electron chi connectivity index (χ0n) is 10.8. The lowest BCUT2D eigenvalue weighted by molar-refractivity contribution is -0.384. The maximum Gasteiger partial charge on any atom is 0.296 e. The maximum absolute atomic E-state index is 12.1. The van der Waals surface area contributed by atoms with E-state index in [1.165, 1.54) is 18.2 Å². The number of para-hydroxylation sites is 1. The fraction of sp³-hybridized carbons (Fsp3) is 0.417. The summed E-state index contributed by atoms with van der Waals surface area (Å²) in [4.78, 5) is 22.4. The van der Waals surface area contributed by atoms with Gasteiger partial charge in [-0.15, -0.1) is 0 Å². The highest BCUT2D eigenvalue weighted by Crippen LogP contribution is 2.33. The highest BCUT2D eigenvalue weighted by molar-refractivity contribution is 5.97. The molecule has 2 atom stereocenters. The first-order valence-corrected chi connectivity index (χ1v) is 6.07. The molecule has 0 radical (unpaired) electrons. The van der Waals surface area contributed by atoms with Crippen LogP contribution in [-0.2, 0) is 9.53 Å². The van der Waals surface area contributed by atoms with Gasteiger partial charge in [0.1, 0.15) is 5.75 Å². The summed E-state index contributed by atoms with van der Waals surface area (Å²) >= 11 is 0. The van der Waals surface area contributed by atoms with Gasteiger partial charge < -0.3 is 20.5 Å². The Balaban J connectivity index is 2.21. The van der Waals surface area contributed by atoms with Gasteiger partial charge >= 0.3 is 0 Å². The first-order valence-electron chi connectivity index (χ1n) is 6.07. The van der Waals surface area contributed by atoms with E-state index >= 15 is 0 Å². The Kier molecular flexibility index (Phi) is 4.16. The lowest BCUT2D eigenvalue weighted by Gasteiger charge is -2.16. The number of nitrogens with zero attached hydrogens (tertiary/aromatic N) is 1. The summed E-state index contributed by atoms with van der Waals surface area (Å²) in [5.74, 6) is -1.22. The van der Waals surface area contributed by atoms with Crippen LogP contribution in [0.25, 0.3) is 0 Å². The molecule has 1 fully saturated rings. The van der Waals surface area contributed by atoms with Gasteiger partial charge in [-0.3, -0.25) is 14.9 Å². The standard InChI is InChI=1S/C12H15N3O5/c1-13-8-6-20-5-7(8)12(17)14-11-9(15(18)19)3-2-4-10(11)16/h2-4,7-8,13,16H,5-6H2,1H3,(H,14,17). The molecule has 1 saturated heterocycles. The number of nitro benzene ring substituents is 1. The van der Waals surface area contributed by atoms with Crippen molar-refractivity contribution in [2.24, 2.45) is 5.92 Å². The van der Waals surface area contributed by atoms with Crippen molar-refractivity contribution in [3.63, 3.8) is 0 Å². The van der Waals surface area contributed by atoms with Crippen molar-refractivity contribution in [1.29, 1.82) is 0 Å². The van der Waals surface area contributed by atoms with E-state index in [1.54, 1.807) is 7.05 Å². The first-order chi connectivity index (χ1) is 9.54. The van der Waals surface area contributed by atoms with Crippen molar-refractivity contribution >= 4 is 17.3 Å². The number of benzene rings is 1. The lowest BCUT2D eigenvalue weighted by atomic mass is 10.0. The minimum Gasteiger partial charge on any atom is -0.505 e. The summed E-state index contributed by atoms with van der Waals surface area (Å²) in [5, 5.41) is 26.0. The number of amides is 1. The number of phenolic OH excluding ortho intramolecular Hbond substituents is 1. The molecule has 2 unspecified atom stereocenters. The molecule has 0 aliphatic carbocycles. The molecule has 3 N–H and O–H groups in total. The largest absolute Gasteiger partial charge is 0.505 e. The number of hydrogen-bond donors (Lipinski definition) is 3. The van der Waals surface area contributed by atoms with E-state index in [2.05, 4.69) is 10.6 Å². The van der Waals surface area contributed by atoms with Crippen LogP contribution in [0.3, 0.4) is 0 Å². The van der Waals surface area contributed by atoms with Crippen LogP contribution in [0.15, 0.2) is 18.2 Å². The number of aromatic hydroxyl groups is 1. The normalized spacial score (nSPS) is 21.6. The Morgan fingerprint density at radius 1 is 1.50 bits per heavy atom. The molecule has 1 aromatic rings. The number of rotatable bonds is 4. The Morgan fingerprint density at radius 2 is 2.25 bits per heavy atom. The number of nitrogens with one attached hydrogen (secondary N) is 2. The van der Waals surface area contributed by atoms with E-state index in [4.69, 9.17) is 4.74 Å². The van der Waals surface area contributed by atoms with Gasteiger partial charge in [0.25, 0.3) is 5.69 Å². The van der Waals surface area contributed by atoms with Crippen molar-refractivity contribution in [3.8, 4) is 5.75 Å². The first kappa shape index (κ1) is 14.2. The molecule has 1 heterocycles. The summed E-state index contributed by atoms with van der Waals surface area (Å²) in [6.07, 6.45) is 0. The summed E-state index contributed by atoms with van der Waals surface area (Å²) in [5.41, 5.74) is -0.539. The van der Waals surface area contributed by atoms with Gasteiger partial charge in [-0.1, -0.05) is 6.07 Å². The third-order valence-corrected chi connectivity index (χ3v) is 3.25. The van der Waals surface area contributed by atoms with E-state index in [-0.39, 0.29) is 29.8 Å². The average molecular weight is 281 g/mol. The maximum atomic E-state index is 12.1. The van der Waals surface area contributed by atoms with Gasteiger partial charge in [-0.05, 0) is 13.1 Å². The topological polar surface area (TPSA) is 114 Å². The van der Waals surface area contributed by atoms with E-state index in [1.807, 2.05) is 0 Å². The Morgan fingerprint density at radius 3 is 2.90 bits per heavy atom. The minimum atomic E-state index is -0.657. The molecule has 8 heteroatoms. The third-order valence-electron chi connectivity index (χ3n) is 3.25. The number of ether oxygens (including phenoxy) is 1. The number of anilines is 1. The van der Waals surface area contributed by atoms with Gasteiger partial charge in [0.15, 0.2) is 5.69 Å². The molecule has 0 saturated carbocycles. The molecule has 1 aliphatic heterocycles. The third kappa shape index (κ3) is 2.70. The summed E-state index contributed by atoms with van der Waals surface area (Å²) < 4.78 is 5.21. The second-order valence-corrected chi connectivity index (χ2v) is 4.46. The van der Waals surface area contributed by atoms with Crippen LogP contribution < -0.4 is 10.6 Å². The number of carbonyl (C=O) groups is 1. The number of nitro groups is 1. The van der Waals surface area contributed by atoms with Crippen LogP contribution in [0.5, 0.6) is 5.75 Å². The van der Waals surface area contributed by atoms with E-state index < -0.39 is 16.7 Å². The molecule has 1 aliphatic rings. The van der Waals surface area contributed by atoms with Crippen LogP contribution in [-0.4, -0.2) is 42.2 Å². The number of likely N-dealkylation sites (N-methyl/N-ethyl adjacent to an activating group) is 1. The lowest BCUT2D eigenvalue weighted by Crippen LogP contribution is -2.39. The quantitative estimate of drug-likeness (QED) is 0.420. The van der Waals surface area contributed by atoms with Gasteiger partial charge in [-0.2, -0.15) is 0 Å². The Hall–Kier alpha value is -2.19. The molecule has 2 rings (SSSR count). The van der Waals surface area contributed by atoms with Crippen LogP contribution in [0, 0.1) is 16.0 Å². The van der Waals surface area contributed by atoms with E-state index in [0.717, 1.165) is 0 Å². The number of hydrogen-bond acceptors (Lipinski definition) is 6. The molecule has 1 amide bonds. The summed E-state index contributed by atoms with van der Waals surface area (Å²) in [6, 6.07) is 3.69. The second-order valence-electron chi connectivity index (χ2n) is 4.46. The molecule has 108 valence electrons. The SMILES string of the molecule is CNC1COCC1C(=O)Nc1c(O)cccc1[N+](=O)[O-]. The highest BCUT2D eigenvalue weighted by Gasteiger charge is 2.34. The predicted molar refractivity (Wildman–Crippen MR) is 70.5 cm³/mol. The van der Waals surface area contributed by atoms with Crippen LogP contribution in [0.4, 0.5) is 11.4 Å². The van der Waals surface area contributed by atoms with E-state index in [9.17, 15) is 20.0 Å². The van der Waals surface area contributed by atoms with Gasteiger partial charge in [0.2, 0.25) is 5.91 Å². The fourth-order valence-electron chi connectivity index (χ4n) is 2.12. The average Bonchev–Trinajstić information content (AvgIpc) is 2.89. The predicted octanol–water partition coefficient (Wildman–Crippen LogP) is 0.473. The highest BCUT2D eigenvalue weighted by atomic mass is 16.6. The van der Waals surface area contributed by atoms with Crippen molar-refractivity contribution < 1.29 is 19.6 Å². The van der Waals surface area contributed by atoms with Crippen molar-refractivity contribution in [1.82, 2.24) is 5.32 Å². The van der Waals surface area contributed by atoms with Gasteiger partial charge in [0, 0.05) is 12.1 Å². The molecule has 0 aromatic heterocycles. The molecule has 20 heavy (non-hydrogen) atoms. The summed E-state index contributed by atoms with van der Waals surface area (Å²) in [7, 11) is 1.71. The fourth-order valence-corrected chi connectivity index (χ4v) is 2.12. The molecular formula is C12H15N3O5. The molecule has 0 spiro atoms. The van der Waals surface area contributed by atoms with E-state index in [0.29, 0.717) is 6.61 Å². The Labute approximate surface area is 114 Å². The molecular weight excluding hydrogens is 266 g/mol. The van der Waals surface area contributed by atoms with Crippen LogP contribution in [0.2, 0.25) is 0 Å². The zero-order valence-corrected chi connectivity index (χ0v) is 10.8. The van der Waals surface area contributed by atoms with Crippen LogP contribution in [0.1, 0.15) is 0 Å². The second kappa shape index (κ2) is 5.85. The van der Waals surface area contributed by atoms with Gasteiger partial charge in [0.05, 0.1) is 24.1 Å². The molecule has 1 aromatic carbocycles. The molecule has 8 nitrogen and oxygen atoms in total. The van der Waals surface area contributed by atoms with Crippen molar-refractivity contribution in [2.75, 3.05) is 25.6 Å². The van der Waals surface area contributed by atoms with Crippen LogP contribution >= 0.6 is 0 Å². The van der Waals surface area contributed by atoms with Crippen molar-refractivity contribution in [3.05, 3.63) is 28.3 Å². The zero-order chi connectivity index (χ0) is 14.7. The smallest absolute Gasteiger partial charge is 0.296 e. The number of carbonyl (C=O) groups excluding carboxylic acids is 1. The number of phenols is 1. The minimum absolute atomic E-state index is 0.153. The monoisotopic (exact) mass is 281 g/mol. The molecule has 0 bridgehead atoms.